The molecule has 1 aliphatic rings. The Hall–Kier alpha value is -3.50. The number of benzene rings is 1. The van der Waals surface area contributed by atoms with Crippen molar-refractivity contribution in [1.82, 2.24) is 20.3 Å². The van der Waals surface area contributed by atoms with E-state index in [0.717, 1.165) is 0 Å². The lowest BCUT2D eigenvalue weighted by Crippen LogP contribution is -2.33. The normalized spacial score (nSPS) is 17.1. The maximum atomic E-state index is 14.6. The molecule has 0 spiro atoms. The van der Waals surface area contributed by atoms with Crippen LogP contribution < -0.4 is 10.2 Å². The highest BCUT2D eigenvalue weighted by molar-refractivity contribution is 5.96. The lowest BCUT2D eigenvalue weighted by Gasteiger charge is -2.14. The number of nitrogens with one attached hydrogen (secondary N) is 1. The van der Waals surface area contributed by atoms with Gasteiger partial charge in [-0.05, 0) is 25.1 Å². The van der Waals surface area contributed by atoms with Gasteiger partial charge in [-0.25, -0.2) is 13.9 Å². The summed E-state index contributed by atoms with van der Waals surface area (Å²) in [6.07, 6.45) is 0.291. The predicted octanol–water partition coefficient (Wildman–Crippen LogP) is 1.07. The molecular weight excluding hydrogens is 359 g/mol. The number of amides is 2. The van der Waals surface area contributed by atoms with Gasteiger partial charge in [-0.3, -0.25) is 9.69 Å². The van der Waals surface area contributed by atoms with Crippen molar-refractivity contribution < 1.29 is 23.9 Å². The Bertz CT molecular complexity index is 912. The van der Waals surface area contributed by atoms with Crippen LogP contribution in [0.25, 0.3) is 5.69 Å². The highest BCUT2D eigenvalue weighted by atomic mass is 19.1. The Balaban J connectivity index is 1.78. The van der Waals surface area contributed by atoms with Crippen molar-refractivity contribution in [2.75, 3.05) is 18.0 Å². The summed E-state index contributed by atoms with van der Waals surface area (Å²) in [7, 11) is 0. The Morgan fingerprint density at radius 1 is 1.48 bits per heavy atom. The molecule has 1 aromatic heterocycles. The lowest BCUT2D eigenvalue weighted by molar-refractivity contribution is -0.119. The van der Waals surface area contributed by atoms with Gasteiger partial charge in [0.2, 0.25) is 5.91 Å². The Morgan fingerprint density at radius 3 is 2.93 bits per heavy atom. The molecule has 1 saturated heterocycles. The monoisotopic (exact) mass is 376 g/mol. The number of ether oxygens (including phenoxy) is 1. The summed E-state index contributed by atoms with van der Waals surface area (Å²) in [6.45, 7) is 3.28. The van der Waals surface area contributed by atoms with Crippen LogP contribution in [-0.4, -0.2) is 57.1 Å². The molecule has 3 rings (SSSR count). The zero-order chi connectivity index (χ0) is 19.6. The fourth-order valence-electron chi connectivity index (χ4n) is 2.54. The van der Waals surface area contributed by atoms with Gasteiger partial charge in [0.25, 0.3) is 0 Å². The van der Waals surface area contributed by atoms with Crippen LogP contribution in [-0.2, 0) is 9.53 Å². The molecule has 27 heavy (non-hydrogen) atoms. The van der Waals surface area contributed by atoms with E-state index >= 15 is 0 Å². The molecule has 1 atom stereocenters. The minimum atomic E-state index is -0.624. The first-order valence-corrected chi connectivity index (χ1v) is 8.03. The quantitative estimate of drug-likeness (QED) is 0.457. The number of oxime groups is 1. The molecular formula is C16H17FN6O4. The largest absolute Gasteiger partial charge is 0.442 e. The first-order valence-electron chi connectivity index (χ1n) is 8.03. The molecule has 0 aliphatic carbocycles. The van der Waals surface area contributed by atoms with E-state index in [1.54, 1.807) is 6.07 Å². The van der Waals surface area contributed by atoms with Gasteiger partial charge in [-0.1, -0.05) is 10.4 Å². The zero-order valence-corrected chi connectivity index (χ0v) is 14.6. The topological polar surface area (TPSA) is 122 Å². The van der Waals surface area contributed by atoms with Crippen molar-refractivity contribution in [3.05, 3.63) is 35.9 Å². The van der Waals surface area contributed by atoms with E-state index in [9.17, 15) is 14.0 Å². The molecule has 142 valence electrons. The smallest absolute Gasteiger partial charge is 0.414 e. The van der Waals surface area contributed by atoms with Crippen molar-refractivity contribution >= 4 is 23.4 Å². The molecule has 1 aromatic carbocycles. The number of carbonyl (C=O) groups excluding carboxylic acids is 2. The van der Waals surface area contributed by atoms with E-state index in [4.69, 9.17) is 9.94 Å². The number of nitrogens with zero attached hydrogens (tertiary/aromatic N) is 5. The number of carbonyl (C=O) groups is 2. The van der Waals surface area contributed by atoms with Gasteiger partial charge in [0, 0.05) is 6.92 Å². The average molecular weight is 376 g/mol. The molecule has 10 nitrogen and oxygen atoms in total. The number of anilines is 1. The molecule has 11 heteroatoms. The molecule has 2 N–H and O–H groups in total. The number of aromatic nitrogens is 3. The SMILES string of the molecule is CC(=O)NC[C@H]1CN(c2ccc(-n3cc(C(C)=NO)nn3)c(F)c2)C(=O)O1. The average Bonchev–Trinajstić information content (AvgIpc) is 3.26. The third kappa shape index (κ3) is 3.86. The van der Waals surface area contributed by atoms with Crippen molar-refractivity contribution in [3.8, 4) is 5.69 Å². The van der Waals surface area contributed by atoms with Crippen LogP contribution in [0.1, 0.15) is 19.5 Å². The van der Waals surface area contributed by atoms with Crippen LogP contribution in [0, 0.1) is 5.82 Å². The summed E-state index contributed by atoms with van der Waals surface area (Å²) in [5, 5.41) is 22.0. The molecule has 0 unspecified atom stereocenters. The Labute approximate surface area is 153 Å². The summed E-state index contributed by atoms with van der Waals surface area (Å²) in [4.78, 5) is 24.3. The summed E-state index contributed by atoms with van der Waals surface area (Å²) in [5.74, 6) is -0.853. The maximum absolute atomic E-state index is 14.6. The predicted molar refractivity (Wildman–Crippen MR) is 91.6 cm³/mol. The van der Waals surface area contributed by atoms with E-state index in [1.807, 2.05) is 0 Å². The number of hydrogen-bond acceptors (Lipinski definition) is 7. The Kier molecular flexibility index (Phi) is 5.01. The van der Waals surface area contributed by atoms with Crippen LogP contribution >= 0.6 is 0 Å². The van der Waals surface area contributed by atoms with Crippen LogP contribution in [0.2, 0.25) is 0 Å². The van der Waals surface area contributed by atoms with E-state index in [-0.39, 0.29) is 30.4 Å². The highest BCUT2D eigenvalue weighted by Gasteiger charge is 2.32. The van der Waals surface area contributed by atoms with Gasteiger partial charge in [0.05, 0.1) is 25.0 Å². The number of hydrogen-bond donors (Lipinski definition) is 2. The maximum Gasteiger partial charge on any atom is 0.414 e. The van der Waals surface area contributed by atoms with Crippen molar-refractivity contribution in [2.45, 2.75) is 20.0 Å². The van der Waals surface area contributed by atoms with Gasteiger partial charge in [0.15, 0.2) is 5.82 Å². The second-order valence-electron chi connectivity index (χ2n) is 5.92. The van der Waals surface area contributed by atoms with Gasteiger partial charge >= 0.3 is 6.09 Å². The summed E-state index contributed by atoms with van der Waals surface area (Å²) in [5.41, 5.74) is 0.971. The highest BCUT2D eigenvalue weighted by Crippen LogP contribution is 2.25. The minimum absolute atomic E-state index is 0.116. The van der Waals surface area contributed by atoms with Gasteiger partial charge in [-0.2, -0.15) is 0 Å². The summed E-state index contributed by atoms with van der Waals surface area (Å²) < 4.78 is 20.9. The Morgan fingerprint density at radius 2 is 2.26 bits per heavy atom. The number of cyclic esters (lactones) is 1. The van der Waals surface area contributed by atoms with Gasteiger partial charge < -0.3 is 15.3 Å². The summed E-state index contributed by atoms with van der Waals surface area (Å²) >= 11 is 0. The second-order valence-corrected chi connectivity index (χ2v) is 5.92. The van der Waals surface area contributed by atoms with Gasteiger partial charge in [0.1, 0.15) is 23.2 Å². The first-order chi connectivity index (χ1) is 12.9. The molecule has 0 bridgehead atoms. The van der Waals surface area contributed by atoms with Crippen LogP contribution in [0.4, 0.5) is 14.9 Å². The van der Waals surface area contributed by atoms with E-state index in [1.165, 1.54) is 41.8 Å². The van der Waals surface area contributed by atoms with Crippen LogP contribution in [0.3, 0.4) is 0 Å². The molecule has 1 aliphatic heterocycles. The van der Waals surface area contributed by atoms with E-state index in [0.29, 0.717) is 11.4 Å². The fourth-order valence-corrected chi connectivity index (χ4v) is 2.54. The van der Waals surface area contributed by atoms with Crippen molar-refractivity contribution in [2.24, 2.45) is 5.16 Å². The molecule has 2 aromatic rings. The molecule has 2 amide bonds. The van der Waals surface area contributed by atoms with Gasteiger partial charge in [-0.15, -0.1) is 5.10 Å². The fraction of sp³-hybridized carbons (Fsp3) is 0.312. The summed E-state index contributed by atoms with van der Waals surface area (Å²) in [6, 6.07) is 4.18. The first kappa shape index (κ1) is 18.3. The molecule has 0 saturated carbocycles. The second kappa shape index (κ2) is 7.40. The van der Waals surface area contributed by atoms with Crippen molar-refractivity contribution in [1.29, 1.82) is 0 Å². The lowest BCUT2D eigenvalue weighted by atomic mass is 10.2. The standard InChI is InChI=1S/C16H17FN6O4/c1-9(20-26)14-8-23(21-19-14)15-4-3-11(5-13(15)17)22-7-12(27-16(22)25)6-18-10(2)24/h3-5,8,12,26H,6-7H2,1-2H3,(H,18,24)/t12-/m0/s1. The molecule has 0 radical (unpaired) electrons. The van der Waals surface area contributed by atoms with Crippen LogP contribution in [0.15, 0.2) is 29.6 Å². The molecule has 2 heterocycles. The third-order valence-corrected chi connectivity index (χ3v) is 3.96. The van der Waals surface area contributed by atoms with E-state index < -0.39 is 18.0 Å². The third-order valence-electron chi connectivity index (χ3n) is 3.96. The number of halogens is 1. The van der Waals surface area contributed by atoms with Crippen LogP contribution in [0.5, 0.6) is 0 Å². The minimum Gasteiger partial charge on any atom is -0.442 e. The zero-order valence-electron chi connectivity index (χ0n) is 14.6. The number of rotatable bonds is 5. The van der Waals surface area contributed by atoms with E-state index in [2.05, 4.69) is 20.8 Å². The molecule has 1 fully saturated rings. The van der Waals surface area contributed by atoms with Crippen molar-refractivity contribution in [3.63, 3.8) is 0 Å².